The molecule has 5 nitrogen and oxygen atoms in total. The Balaban J connectivity index is 0.00000364. The van der Waals surface area contributed by atoms with E-state index in [-0.39, 0.29) is 37.6 Å². The van der Waals surface area contributed by atoms with Crippen LogP contribution in [0.1, 0.15) is 52.7 Å². The zero-order valence-electron chi connectivity index (χ0n) is 27.9. The summed E-state index contributed by atoms with van der Waals surface area (Å²) in [4.78, 5) is 9.99. The summed E-state index contributed by atoms with van der Waals surface area (Å²) in [7, 11) is 0. The number of fused-ring (bicyclic) bond motifs is 6. The van der Waals surface area contributed by atoms with E-state index in [1.54, 1.807) is 0 Å². The zero-order chi connectivity index (χ0) is 32.7. The number of hydrogen-bond acceptors (Lipinski definition) is 3. The number of phenolic OH excluding ortho intramolecular Hbond substituents is 1. The third-order valence-corrected chi connectivity index (χ3v) is 9.25. The maximum Gasteiger partial charge on any atom is 0.136 e. The predicted molar refractivity (Wildman–Crippen MR) is 194 cm³/mol. The molecule has 4 aromatic carbocycles. The molecule has 8 rings (SSSR count). The fourth-order valence-corrected chi connectivity index (χ4v) is 6.82. The Morgan fingerprint density at radius 1 is 0.604 bits per heavy atom. The van der Waals surface area contributed by atoms with Crippen LogP contribution in [0, 0.1) is 6.07 Å². The monoisotopic (exact) mass is 808 g/mol. The van der Waals surface area contributed by atoms with Gasteiger partial charge in [0.25, 0.3) is 0 Å². The summed E-state index contributed by atoms with van der Waals surface area (Å²) in [6.45, 7) is 13.0. The van der Waals surface area contributed by atoms with Gasteiger partial charge in [0.2, 0.25) is 0 Å². The molecule has 0 saturated carbocycles. The van der Waals surface area contributed by atoms with Gasteiger partial charge in [-0.25, -0.2) is 9.97 Å². The van der Waals surface area contributed by atoms with Gasteiger partial charge in [0.1, 0.15) is 17.4 Å². The van der Waals surface area contributed by atoms with Crippen molar-refractivity contribution in [3.63, 3.8) is 0 Å². The first kappa shape index (κ1) is 31.8. The smallest absolute Gasteiger partial charge is 0.136 e. The van der Waals surface area contributed by atoms with Crippen molar-refractivity contribution >= 4 is 43.6 Å². The molecule has 0 fully saturated rings. The second-order valence-corrected chi connectivity index (χ2v) is 14.5. The zero-order valence-corrected chi connectivity index (χ0v) is 30.2. The Morgan fingerprint density at radius 2 is 1.19 bits per heavy atom. The molecule has 0 saturated heterocycles. The molecule has 0 amide bonds. The van der Waals surface area contributed by atoms with Gasteiger partial charge in [0.05, 0.1) is 5.69 Å². The molecule has 0 aliphatic rings. The van der Waals surface area contributed by atoms with Crippen LogP contribution in [0.15, 0.2) is 109 Å². The Bertz CT molecular complexity index is 2490. The molecule has 1 N–H and O–H groups in total. The van der Waals surface area contributed by atoms with E-state index < -0.39 is 0 Å². The average Bonchev–Trinajstić information content (AvgIpc) is 3.55. The Labute approximate surface area is 295 Å². The Morgan fingerprint density at radius 3 is 1.77 bits per heavy atom. The van der Waals surface area contributed by atoms with Gasteiger partial charge in [-0.3, -0.25) is 0 Å². The molecule has 8 aromatic rings. The maximum absolute atomic E-state index is 11.7. The summed E-state index contributed by atoms with van der Waals surface area (Å²) in [5.41, 5.74) is 7.25. The van der Waals surface area contributed by atoms with Crippen molar-refractivity contribution in [2.75, 3.05) is 0 Å². The molecule has 0 aliphatic heterocycles. The minimum Gasteiger partial charge on any atom is -0.507 e. The van der Waals surface area contributed by atoms with E-state index in [1.807, 2.05) is 42.6 Å². The van der Waals surface area contributed by atoms with E-state index in [0.717, 1.165) is 77.6 Å². The van der Waals surface area contributed by atoms with E-state index in [4.69, 9.17) is 9.97 Å². The van der Waals surface area contributed by atoms with Crippen molar-refractivity contribution in [2.24, 2.45) is 0 Å². The van der Waals surface area contributed by atoms with Crippen LogP contribution in [0.4, 0.5) is 0 Å². The van der Waals surface area contributed by atoms with Gasteiger partial charge in [-0.05, 0) is 69.6 Å². The first-order valence-electron chi connectivity index (χ1n) is 16.2. The van der Waals surface area contributed by atoms with Crippen LogP contribution >= 0.6 is 0 Å². The summed E-state index contributed by atoms with van der Waals surface area (Å²) in [5, 5.41) is 16.2. The third kappa shape index (κ3) is 5.04. The molecule has 0 unspecified atom stereocenters. The number of phenols is 1. The van der Waals surface area contributed by atoms with Crippen LogP contribution in [0.2, 0.25) is 0 Å². The maximum atomic E-state index is 11.7. The Kier molecular flexibility index (Phi) is 7.60. The second kappa shape index (κ2) is 11.5. The molecule has 6 heteroatoms. The quantitative estimate of drug-likeness (QED) is 0.181. The van der Waals surface area contributed by atoms with Crippen LogP contribution in [-0.2, 0) is 31.9 Å². The average molecular weight is 809 g/mol. The number of benzene rings is 4. The van der Waals surface area contributed by atoms with Gasteiger partial charge in [-0.2, -0.15) is 6.07 Å². The number of hydrogen-bond donors (Lipinski definition) is 1. The Hall–Kier alpha value is -4.73. The number of pyridine rings is 2. The standard InChI is InChI=1S/C42H37N4O.Pt/c1-41(2,3)26-22-31(40(47)32(23-26)42(4,5)6)33-16-13-20-39(44-33)46-35-18-10-8-15-28(35)30-24-29-27-14-7-9-17-34(27)45(36(29)25-37(30)46)38-19-11-12-21-43-38;/h7-24,47H,1-6H3;/q-1;. The fourth-order valence-electron chi connectivity index (χ4n) is 6.82. The third-order valence-electron chi connectivity index (χ3n) is 9.25. The minimum atomic E-state index is -0.239. The molecular formula is C42H37N4OPt-. The van der Waals surface area contributed by atoms with Gasteiger partial charge in [-0.1, -0.05) is 107 Å². The van der Waals surface area contributed by atoms with E-state index in [0.29, 0.717) is 0 Å². The molecular weight excluding hydrogens is 772 g/mol. The number of para-hydroxylation sites is 2. The van der Waals surface area contributed by atoms with Crippen LogP contribution in [0.3, 0.4) is 0 Å². The molecule has 0 atom stereocenters. The molecule has 4 heterocycles. The van der Waals surface area contributed by atoms with E-state index >= 15 is 0 Å². The van der Waals surface area contributed by atoms with Crippen molar-refractivity contribution in [3.8, 4) is 28.6 Å². The summed E-state index contributed by atoms with van der Waals surface area (Å²) in [5.74, 6) is 1.90. The summed E-state index contributed by atoms with van der Waals surface area (Å²) in [6, 6.07) is 39.4. The molecule has 0 bridgehead atoms. The van der Waals surface area contributed by atoms with E-state index in [2.05, 4.69) is 123 Å². The number of aromatic nitrogens is 4. The van der Waals surface area contributed by atoms with Gasteiger partial charge in [0.15, 0.2) is 0 Å². The number of aromatic hydroxyl groups is 1. The minimum absolute atomic E-state index is 0. The van der Waals surface area contributed by atoms with Crippen molar-refractivity contribution < 1.29 is 26.2 Å². The van der Waals surface area contributed by atoms with E-state index in [1.165, 1.54) is 0 Å². The fraction of sp³-hybridized carbons (Fsp3) is 0.190. The van der Waals surface area contributed by atoms with Crippen molar-refractivity contribution in [3.05, 3.63) is 127 Å². The SMILES string of the molecule is CC(C)(C)c1cc(-c2cccc(-n3c4[c-]c5c(cc4c4ccccc43)c3ccccc3n5-c3ccccn3)n2)c(O)c(C(C)(C)C)c1.[Pt]. The first-order chi connectivity index (χ1) is 22.5. The van der Waals surface area contributed by atoms with Gasteiger partial charge >= 0.3 is 0 Å². The first-order valence-corrected chi connectivity index (χ1v) is 16.2. The van der Waals surface area contributed by atoms with Crippen molar-refractivity contribution in [1.82, 2.24) is 19.1 Å². The van der Waals surface area contributed by atoms with Crippen molar-refractivity contribution in [1.29, 1.82) is 0 Å². The summed E-state index contributed by atoms with van der Waals surface area (Å²) in [6.07, 6.45) is 1.83. The van der Waals surface area contributed by atoms with Gasteiger partial charge in [-0.15, -0.1) is 16.8 Å². The largest absolute Gasteiger partial charge is 0.507 e. The van der Waals surface area contributed by atoms with Crippen molar-refractivity contribution in [2.45, 2.75) is 52.4 Å². The molecule has 242 valence electrons. The number of rotatable bonds is 3. The van der Waals surface area contributed by atoms with Gasteiger partial charge in [0, 0.05) is 49.4 Å². The summed E-state index contributed by atoms with van der Waals surface area (Å²) < 4.78 is 4.39. The topological polar surface area (TPSA) is 55.9 Å². The van der Waals surface area contributed by atoms with Crippen LogP contribution in [0.25, 0.3) is 66.5 Å². The predicted octanol–water partition coefficient (Wildman–Crippen LogP) is 10.4. The molecule has 48 heavy (non-hydrogen) atoms. The van der Waals surface area contributed by atoms with Crippen LogP contribution in [-0.4, -0.2) is 24.2 Å². The molecule has 0 radical (unpaired) electrons. The summed E-state index contributed by atoms with van der Waals surface area (Å²) >= 11 is 0. The molecule has 0 spiro atoms. The normalized spacial score (nSPS) is 12.3. The van der Waals surface area contributed by atoms with Gasteiger partial charge < -0.3 is 14.2 Å². The molecule has 4 aromatic heterocycles. The van der Waals surface area contributed by atoms with Crippen LogP contribution in [0.5, 0.6) is 5.75 Å². The number of nitrogens with zero attached hydrogens (tertiary/aromatic N) is 4. The van der Waals surface area contributed by atoms with E-state index in [9.17, 15) is 5.11 Å². The second-order valence-electron chi connectivity index (χ2n) is 14.5. The van der Waals surface area contributed by atoms with Crippen LogP contribution < -0.4 is 0 Å². The molecule has 0 aliphatic carbocycles.